The molecule has 3 heterocycles. The molecule has 8 nitrogen and oxygen atoms in total. The fraction of sp³-hybridized carbons (Fsp3) is 0.304. The summed E-state index contributed by atoms with van der Waals surface area (Å²) in [7, 11) is 3.48. The van der Waals surface area contributed by atoms with Crippen LogP contribution in [0.3, 0.4) is 0 Å². The maximum atomic E-state index is 9.37. The van der Waals surface area contributed by atoms with Gasteiger partial charge in [-0.15, -0.1) is 0 Å². The second-order valence-corrected chi connectivity index (χ2v) is 7.78. The van der Waals surface area contributed by atoms with Crippen molar-refractivity contribution in [2.75, 3.05) is 7.11 Å². The number of benzene rings is 1. The molecule has 0 bridgehead atoms. The largest absolute Gasteiger partial charge is 0.495 e. The lowest BCUT2D eigenvalue weighted by Gasteiger charge is -2.27. The lowest BCUT2D eigenvalue weighted by Crippen LogP contribution is -2.19. The highest BCUT2D eigenvalue weighted by Gasteiger charge is 2.28. The monoisotopic (exact) mass is 414 g/mol. The van der Waals surface area contributed by atoms with Gasteiger partial charge in [0.05, 0.1) is 36.9 Å². The predicted molar refractivity (Wildman–Crippen MR) is 114 cm³/mol. The Bertz CT molecular complexity index is 1330. The molecule has 0 fully saturated rings. The summed E-state index contributed by atoms with van der Waals surface area (Å²) in [6.45, 7) is 2.03. The summed E-state index contributed by atoms with van der Waals surface area (Å²) in [5.41, 5.74) is 5.16. The number of aryl methyl sites for hydroxylation is 2. The fourth-order valence-corrected chi connectivity index (χ4v) is 4.27. The summed E-state index contributed by atoms with van der Waals surface area (Å²) in [5.74, 6) is 1.41. The van der Waals surface area contributed by atoms with Crippen molar-refractivity contribution in [1.82, 2.24) is 24.5 Å². The Morgan fingerprint density at radius 3 is 2.81 bits per heavy atom. The molecule has 4 aromatic rings. The Balaban J connectivity index is 1.55. The van der Waals surface area contributed by atoms with Crippen LogP contribution in [-0.2, 0) is 13.5 Å². The zero-order valence-electron chi connectivity index (χ0n) is 17.7. The fourth-order valence-electron chi connectivity index (χ4n) is 4.27. The smallest absolute Gasteiger partial charge is 0.143 e. The van der Waals surface area contributed by atoms with E-state index in [0.717, 1.165) is 58.4 Å². The molecule has 0 unspecified atom stereocenters. The molecule has 8 heteroatoms. The molecule has 5 rings (SSSR count). The second-order valence-electron chi connectivity index (χ2n) is 7.78. The number of rotatable bonds is 4. The number of pyridine rings is 1. The molecule has 0 saturated carbocycles. The van der Waals surface area contributed by atoms with Gasteiger partial charge in [0.2, 0.25) is 0 Å². The molecule has 0 N–H and O–H groups in total. The molecular weight excluding hydrogens is 392 g/mol. The topological polar surface area (TPSA) is 90.8 Å². The molecule has 0 radical (unpaired) electrons. The minimum absolute atomic E-state index is 0.198. The lowest BCUT2D eigenvalue weighted by atomic mass is 9.91. The van der Waals surface area contributed by atoms with Crippen LogP contribution in [0.15, 0.2) is 36.9 Å². The van der Waals surface area contributed by atoms with E-state index in [1.165, 1.54) is 0 Å². The SMILES string of the molecule is COc1c(C#N)cnc2c1CCC[C@H]2Oc1cc2c(cnn2-c2cnn(C)c2)cc1C. The molecule has 1 aliphatic rings. The number of hydrogen-bond acceptors (Lipinski definition) is 6. The maximum absolute atomic E-state index is 9.37. The Morgan fingerprint density at radius 2 is 2.06 bits per heavy atom. The van der Waals surface area contributed by atoms with E-state index in [0.29, 0.717) is 11.3 Å². The molecule has 1 aliphatic carbocycles. The molecule has 1 atom stereocenters. The van der Waals surface area contributed by atoms with E-state index in [-0.39, 0.29) is 6.10 Å². The number of fused-ring (bicyclic) bond motifs is 2. The van der Waals surface area contributed by atoms with Crippen molar-refractivity contribution in [2.24, 2.45) is 7.05 Å². The Morgan fingerprint density at radius 1 is 1.19 bits per heavy atom. The van der Waals surface area contributed by atoms with Crippen molar-refractivity contribution in [3.8, 4) is 23.3 Å². The zero-order chi connectivity index (χ0) is 21.5. The zero-order valence-corrected chi connectivity index (χ0v) is 17.7. The third-order valence-corrected chi connectivity index (χ3v) is 5.75. The lowest BCUT2D eigenvalue weighted by molar-refractivity contribution is 0.176. The Hall–Kier alpha value is -3.86. The van der Waals surface area contributed by atoms with Gasteiger partial charge < -0.3 is 9.47 Å². The van der Waals surface area contributed by atoms with E-state index in [9.17, 15) is 5.26 Å². The molecule has 31 heavy (non-hydrogen) atoms. The van der Waals surface area contributed by atoms with Crippen molar-refractivity contribution in [3.05, 3.63) is 59.3 Å². The summed E-state index contributed by atoms with van der Waals surface area (Å²) >= 11 is 0. The van der Waals surface area contributed by atoms with E-state index >= 15 is 0 Å². The van der Waals surface area contributed by atoms with Crippen LogP contribution in [0.2, 0.25) is 0 Å². The quantitative estimate of drug-likeness (QED) is 0.504. The van der Waals surface area contributed by atoms with Crippen LogP contribution in [0.4, 0.5) is 0 Å². The Kier molecular flexibility index (Phi) is 4.59. The van der Waals surface area contributed by atoms with Gasteiger partial charge in [-0.25, -0.2) is 4.68 Å². The van der Waals surface area contributed by atoms with Crippen LogP contribution in [0.5, 0.6) is 11.5 Å². The van der Waals surface area contributed by atoms with Gasteiger partial charge in [-0.1, -0.05) is 0 Å². The van der Waals surface area contributed by atoms with Gasteiger partial charge in [0, 0.05) is 30.3 Å². The first-order chi connectivity index (χ1) is 15.1. The van der Waals surface area contributed by atoms with Crippen molar-refractivity contribution in [3.63, 3.8) is 0 Å². The highest BCUT2D eigenvalue weighted by Crippen LogP contribution is 2.39. The first kappa shape index (κ1) is 19.1. The van der Waals surface area contributed by atoms with Gasteiger partial charge in [-0.05, 0) is 37.8 Å². The van der Waals surface area contributed by atoms with Crippen molar-refractivity contribution >= 4 is 10.9 Å². The summed E-state index contributed by atoms with van der Waals surface area (Å²) in [4.78, 5) is 4.57. The molecule has 0 aliphatic heterocycles. The van der Waals surface area contributed by atoms with Gasteiger partial charge in [0.25, 0.3) is 0 Å². The molecule has 1 aromatic carbocycles. The van der Waals surface area contributed by atoms with Crippen LogP contribution < -0.4 is 9.47 Å². The molecule has 0 spiro atoms. The number of ether oxygens (including phenoxy) is 2. The first-order valence-corrected chi connectivity index (χ1v) is 10.2. The summed E-state index contributed by atoms with van der Waals surface area (Å²) in [6.07, 6.45) is 9.56. The minimum atomic E-state index is -0.198. The van der Waals surface area contributed by atoms with Gasteiger partial charge in [-0.2, -0.15) is 15.5 Å². The van der Waals surface area contributed by atoms with Crippen LogP contribution in [0.1, 0.15) is 41.3 Å². The maximum Gasteiger partial charge on any atom is 0.143 e. The molecule has 156 valence electrons. The van der Waals surface area contributed by atoms with Crippen LogP contribution in [0.25, 0.3) is 16.6 Å². The van der Waals surface area contributed by atoms with Crippen molar-refractivity contribution in [2.45, 2.75) is 32.3 Å². The van der Waals surface area contributed by atoms with Crippen LogP contribution in [-0.4, -0.2) is 31.7 Å². The van der Waals surface area contributed by atoms with E-state index in [2.05, 4.69) is 27.3 Å². The number of hydrogen-bond donors (Lipinski definition) is 0. The standard InChI is InChI=1S/C23H22N6O2/c1-14-7-15-11-27-29(17-12-26-28(2)13-17)19(15)8-21(14)31-20-6-4-5-18-22(20)25-10-16(9-24)23(18)30-3/h7-8,10-13,20H,4-6H2,1-3H3/t20-/m1/s1. The second kappa shape index (κ2) is 7.43. The molecule has 3 aromatic heterocycles. The highest BCUT2D eigenvalue weighted by atomic mass is 16.5. The third-order valence-electron chi connectivity index (χ3n) is 5.75. The molecular formula is C23H22N6O2. The number of nitriles is 1. The molecule has 0 amide bonds. The van der Waals surface area contributed by atoms with Crippen LogP contribution >= 0.6 is 0 Å². The number of aromatic nitrogens is 5. The van der Waals surface area contributed by atoms with E-state index in [4.69, 9.17) is 9.47 Å². The first-order valence-electron chi connectivity index (χ1n) is 10.2. The number of nitrogens with zero attached hydrogens (tertiary/aromatic N) is 6. The summed E-state index contributed by atoms with van der Waals surface area (Å²) in [5, 5.41) is 19.2. The average molecular weight is 414 g/mol. The van der Waals surface area contributed by atoms with E-state index in [1.54, 1.807) is 24.2 Å². The third kappa shape index (κ3) is 3.19. The Labute approximate surface area is 179 Å². The van der Waals surface area contributed by atoms with Gasteiger partial charge in [0.1, 0.15) is 34.9 Å². The predicted octanol–water partition coefficient (Wildman–Crippen LogP) is 3.80. The molecule has 0 saturated heterocycles. The van der Waals surface area contributed by atoms with Crippen molar-refractivity contribution in [1.29, 1.82) is 5.26 Å². The highest BCUT2D eigenvalue weighted by molar-refractivity contribution is 5.83. The average Bonchev–Trinajstić information content (AvgIpc) is 3.38. The number of methoxy groups -OCH3 is 1. The van der Waals surface area contributed by atoms with Gasteiger partial charge in [0.15, 0.2) is 0 Å². The van der Waals surface area contributed by atoms with Gasteiger partial charge in [-0.3, -0.25) is 9.67 Å². The van der Waals surface area contributed by atoms with E-state index in [1.807, 2.05) is 37.1 Å². The summed E-state index contributed by atoms with van der Waals surface area (Å²) < 4.78 is 15.6. The van der Waals surface area contributed by atoms with Crippen LogP contribution in [0, 0.1) is 18.3 Å². The van der Waals surface area contributed by atoms with Crippen molar-refractivity contribution < 1.29 is 9.47 Å². The normalized spacial score (nSPS) is 15.5. The minimum Gasteiger partial charge on any atom is -0.495 e. The van der Waals surface area contributed by atoms with E-state index < -0.39 is 0 Å². The van der Waals surface area contributed by atoms with Gasteiger partial charge >= 0.3 is 0 Å². The summed E-state index contributed by atoms with van der Waals surface area (Å²) in [6, 6.07) is 6.28.